The second kappa shape index (κ2) is 28.6. The van der Waals surface area contributed by atoms with Crippen molar-refractivity contribution in [3.63, 3.8) is 0 Å². The van der Waals surface area contributed by atoms with Crippen molar-refractivity contribution < 1.29 is 66.8 Å². The number of thiocarbonyl (C=S) groups is 1. The lowest BCUT2D eigenvalue weighted by atomic mass is 10.0. The number of nitrogens with one attached hydrogen (secondary N) is 5. The molecular formula is C53H61N9O14S. The van der Waals surface area contributed by atoms with Gasteiger partial charge in [-0.2, -0.15) is 0 Å². The van der Waals surface area contributed by atoms with Gasteiger partial charge in [0, 0.05) is 29.7 Å². The standard InChI is InChI=1S/C53H61N9O14S/c1-32(47(65)56-33(2)53(71)72-4)55-49(67)41(11-5-6-23-54-34(3)77)57-48(66)37-15-13-35(14-16-37)46(64)36-17-19-39(20-18-36)75-25-8-7-24-61-30-38(59-60-61)31-74-27-26-73-28-29-76-43-12-9-10-40-45(43)52(70)62(51(40)69)42-21-22-44(63)58-50(42)68/h7-10,12-20,30,32-33,41-42H,5-6,11,21-29,31H2,1-4H3,(H,54,77)(H,55,67)(H,56,65)(H,57,66)(H,58,63,68). The molecule has 4 atom stereocenters. The maximum absolute atomic E-state index is 13.4. The summed E-state index contributed by atoms with van der Waals surface area (Å²) in [6, 6.07) is 13.3. The molecule has 2 aliphatic heterocycles. The number of piperidine rings is 1. The number of methoxy groups -OCH3 is 1. The fourth-order valence-electron chi connectivity index (χ4n) is 7.94. The van der Waals surface area contributed by atoms with Gasteiger partial charge in [-0.25, -0.2) is 9.48 Å². The first-order valence-electron chi connectivity index (χ1n) is 24.8. The Labute approximate surface area is 449 Å². The van der Waals surface area contributed by atoms with E-state index in [9.17, 15) is 43.2 Å². The molecule has 2 aliphatic rings. The highest BCUT2D eigenvalue weighted by atomic mass is 32.1. The molecule has 0 spiro atoms. The Hall–Kier alpha value is -8.22. The number of ketones is 1. The molecular weight excluding hydrogens is 1020 g/mol. The van der Waals surface area contributed by atoms with Gasteiger partial charge in [0.25, 0.3) is 17.7 Å². The van der Waals surface area contributed by atoms with Crippen molar-refractivity contribution in [1.82, 2.24) is 46.5 Å². The summed E-state index contributed by atoms with van der Waals surface area (Å²) in [7, 11) is 1.20. The Morgan fingerprint density at radius 3 is 2.21 bits per heavy atom. The zero-order valence-electron chi connectivity index (χ0n) is 43.0. The van der Waals surface area contributed by atoms with Crippen LogP contribution in [-0.4, -0.2) is 149 Å². The van der Waals surface area contributed by atoms with Crippen LogP contribution in [0.2, 0.25) is 0 Å². The van der Waals surface area contributed by atoms with Crippen molar-refractivity contribution in [2.45, 2.75) is 90.2 Å². The summed E-state index contributed by atoms with van der Waals surface area (Å²) in [5, 5.41) is 21.3. The molecule has 408 valence electrons. The van der Waals surface area contributed by atoms with Gasteiger partial charge in [-0.1, -0.05) is 41.7 Å². The highest BCUT2D eigenvalue weighted by Crippen LogP contribution is 2.33. The van der Waals surface area contributed by atoms with Crippen molar-refractivity contribution in [1.29, 1.82) is 0 Å². The number of imide groups is 2. The molecule has 24 heteroatoms. The predicted molar refractivity (Wildman–Crippen MR) is 279 cm³/mol. The van der Waals surface area contributed by atoms with E-state index >= 15 is 0 Å². The number of ether oxygens (including phenoxy) is 5. The number of amides is 7. The van der Waals surface area contributed by atoms with Crippen LogP contribution < -0.4 is 36.1 Å². The normalized spacial score (nSPS) is 15.2. The number of nitrogens with zero attached hydrogens (tertiary/aromatic N) is 4. The third-order valence-electron chi connectivity index (χ3n) is 12.0. The van der Waals surface area contributed by atoms with Gasteiger partial charge in [-0.15, -0.1) is 5.10 Å². The Morgan fingerprint density at radius 2 is 1.49 bits per heavy atom. The molecule has 4 unspecified atom stereocenters. The van der Waals surface area contributed by atoms with Gasteiger partial charge in [-0.3, -0.25) is 48.6 Å². The summed E-state index contributed by atoms with van der Waals surface area (Å²) in [5.74, 6) is -4.35. The molecule has 7 amide bonds. The number of rotatable bonds is 29. The molecule has 3 heterocycles. The van der Waals surface area contributed by atoms with Crippen molar-refractivity contribution in [3.8, 4) is 11.5 Å². The molecule has 23 nitrogen and oxygen atoms in total. The molecule has 4 aromatic rings. The quantitative estimate of drug-likeness (QED) is 0.0130. The topological polar surface area (TPSA) is 294 Å². The first-order chi connectivity index (χ1) is 37.0. The van der Waals surface area contributed by atoms with Gasteiger partial charge >= 0.3 is 5.97 Å². The minimum absolute atomic E-state index is 0.0231. The summed E-state index contributed by atoms with van der Waals surface area (Å²) in [6.07, 6.45) is 6.97. The molecule has 5 N–H and O–H groups in total. The summed E-state index contributed by atoms with van der Waals surface area (Å²) in [5.41, 5.74) is 1.76. The highest BCUT2D eigenvalue weighted by Gasteiger charge is 2.46. The molecule has 6 rings (SSSR count). The smallest absolute Gasteiger partial charge is 0.328 e. The van der Waals surface area contributed by atoms with E-state index < -0.39 is 71.5 Å². The lowest BCUT2D eigenvalue weighted by Gasteiger charge is -2.27. The van der Waals surface area contributed by atoms with Crippen LogP contribution in [0.4, 0.5) is 0 Å². The number of carbonyl (C=O) groups excluding carboxylic acids is 9. The SMILES string of the molecule is COC(=O)C(C)NC(=O)C(C)NC(=O)C(CCCCNC(C)=S)NC(=O)c1ccc(C(=O)c2ccc(OCC=CCn3cc(COCCOCCOc4cccc5c4C(=O)N(C4CCC(=O)NC4=O)C5=O)nn3)cc2)cc1. The Bertz CT molecular complexity index is 2840. The van der Waals surface area contributed by atoms with Crippen molar-refractivity contribution in [2.24, 2.45) is 0 Å². The van der Waals surface area contributed by atoms with Gasteiger partial charge < -0.3 is 45.0 Å². The molecule has 1 saturated heterocycles. The maximum atomic E-state index is 13.4. The van der Waals surface area contributed by atoms with E-state index in [0.29, 0.717) is 53.5 Å². The first-order valence-corrected chi connectivity index (χ1v) is 25.2. The number of hydrogen-bond acceptors (Lipinski definition) is 17. The number of hydrogen-bond donors (Lipinski definition) is 5. The minimum atomic E-state index is -1.07. The number of allylic oxidation sites excluding steroid dienone is 1. The molecule has 1 aromatic heterocycles. The van der Waals surface area contributed by atoms with E-state index in [0.717, 1.165) is 4.90 Å². The monoisotopic (exact) mass is 1080 g/mol. The number of fused-ring (bicyclic) bond motifs is 1. The van der Waals surface area contributed by atoms with E-state index in [1.807, 2.05) is 12.2 Å². The second-order valence-electron chi connectivity index (χ2n) is 17.8. The maximum Gasteiger partial charge on any atom is 0.328 e. The number of carbonyl (C=O) groups is 9. The Morgan fingerprint density at radius 1 is 0.805 bits per heavy atom. The second-order valence-corrected chi connectivity index (χ2v) is 18.4. The van der Waals surface area contributed by atoms with Crippen molar-refractivity contribution >= 4 is 70.3 Å². The van der Waals surface area contributed by atoms with E-state index in [1.165, 1.54) is 51.3 Å². The van der Waals surface area contributed by atoms with Crippen LogP contribution in [-0.2, 0) is 51.3 Å². The first kappa shape index (κ1) is 58.0. The molecule has 1 fully saturated rings. The van der Waals surface area contributed by atoms with Crippen LogP contribution in [0.1, 0.15) is 106 Å². The fourth-order valence-corrected chi connectivity index (χ4v) is 8.05. The van der Waals surface area contributed by atoms with Crippen molar-refractivity contribution in [2.75, 3.05) is 46.7 Å². The minimum Gasteiger partial charge on any atom is -0.490 e. The number of benzene rings is 3. The highest BCUT2D eigenvalue weighted by molar-refractivity contribution is 7.80. The van der Waals surface area contributed by atoms with Crippen LogP contribution in [0.15, 0.2) is 85.1 Å². The van der Waals surface area contributed by atoms with Gasteiger partial charge in [0.1, 0.15) is 54.6 Å². The van der Waals surface area contributed by atoms with E-state index in [1.54, 1.807) is 54.2 Å². The van der Waals surface area contributed by atoms with E-state index in [4.69, 9.17) is 31.2 Å². The molecule has 0 aliphatic carbocycles. The number of unbranched alkanes of at least 4 members (excludes halogenated alkanes) is 1. The number of aromatic nitrogens is 3. The van der Waals surface area contributed by atoms with Crippen molar-refractivity contribution in [3.05, 3.63) is 119 Å². The number of esters is 1. The summed E-state index contributed by atoms with van der Waals surface area (Å²) < 4.78 is 29.1. The summed E-state index contributed by atoms with van der Waals surface area (Å²) in [4.78, 5) is 116. The third kappa shape index (κ3) is 16.6. The van der Waals surface area contributed by atoms with Gasteiger partial charge in [0.2, 0.25) is 23.6 Å². The average Bonchev–Trinajstić information content (AvgIpc) is 4.08. The molecule has 0 saturated carbocycles. The summed E-state index contributed by atoms with van der Waals surface area (Å²) >= 11 is 5.06. The van der Waals surface area contributed by atoms with Crippen LogP contribution in [0.5, 0.6) is 11.5 Å². The van der Waals surface area contributed by atoms with Gasteiger partial charge in [0.05, 0.1) is 62.4 Å². The van der Waals surface area contributed by atoms with Gasteiger partial charge in [-0.05, 0) is 101 Å². The predicted octanol–water partition coefficient (Wildman–Crippen LogP) is 2.55. The fraction of sp³-hybridized carbons (Fsp3) is 0.396. The largest absolute Gasteiger partial charge is 0.490 e. The van der Waals surface area contributed by atoms with E-state index in [-0.39, 0.29) is 87.1 Å². The Kier molecular flexibility index (Phi) is 21.6. The van der Waals surface area contributed by atoms with Crippen LogP contribution >= 0.6 is 12.2 Å². The lowest BCUT2D eigenvalue weighted by molar-refractivity contribution is -0.144. The molecule has 0 radical (unpaired) electrons. The lowest BCUT2D eigenvalue weighted by Crippen LogP contribution is -2.54. The van der Waals surface area contributed by atoms with Crippen LogP contribution in [0, 0.1) is 0 Å². The Balaban J connectivity index is 0.866. The molecule has 77 heavy (non-hydrogen) atoms. The van der Waals surface area contributed by atoms with Gasteiger partial charge in [0.15, 0.2) is 5.78 Å². The zero-order valence-corrected chi connectivity index (χ0v) is 43.8. The van der Waals surface area contributed by atoms with Crippen LogP contribution in [0.25, 0.3) is 0 Å². The average molecular weight is 1080 g/mol. The zero-order chi connectivity index (χ0) is 55.4. The summed E-state index contributed by atoms with van der Waals surface area (Å²) in [6.45, 7) is 6.89. The molecule has 3 aromatic carbocycles. The van der Waals surface area contributed by atoms with E-state index in [2.05, 4.69) is 41.6 Å². The third-order valence-corrected chi connectivity index (χ3v) is 12.2. The molecule has 0 bridgehead atoms. The van der Waals surface area contributed by atoms with Crippen LogP contribution in [0.3, 0.4) is 0 Å².